The summed E-state index contributed by atoms with van der Waals surface area (Å²) in [7, 11) is 0. The molecule has 0 aromatic heterocycles. The molecule has 0 aliphatic rings. The lowest BCUT2D eigenvalue weighted by molar-refractivity contribution is -0.270. The molecule has 0 saturated heterocycles. The van der Waals surface area contributed by atoms with E-state index in [1.165, 1.54) is 12.1 Å². The normalized spacial score (nSPS) is 8.75. The lowest BCUT2D eigenvalue weighted by Gasteiger charge is -2.18. The van der Waals surface area contributed by atoms with Crippen molar-refractivity contribution in [2.45, 2.75) is 0 Å². The van der Waals surface area contributed by atoms with E-state index in [0.29, 0.717) is 11.1 Å². The first-order chi connectivity index (χ1) is 6.79. The van der Waals surface area contributed by atoms with Crippen LogP contribution in [0.15, 0.2) is 48.5 Å². The van der Waals surface area contributed by atoms with Crippen LogP contribution in [0.25, 0.3) is 11.1 Å². The van der Waals surface area contributed by atoms with E-state index in [1.807, 2.05) is 0 Å². The first kappa shape index (κ1) is 14.0. The molecule has 0 atom stereocenters. The summed E-state index contributed by atoms with van der Waals surface area (Å²) in [6.45, 7) is 0. The van der Waals surface area contributed by atoms with Gasteiger partial charge in [-0.15, -0.1) is 11.5 Å². The molecule has 0 fully saturated rings. The lowest BCUT2D eigenvalue weighted by atomic mass is 10.0. The molecule has 4 nitrogen and oxygen atoms in total. The highest BCUT2D eigenvalue weighted by atomic mass is 16.3. The standard InChI is InChI=1S/C12H10O2.2H3N/c13-11-7-3-1-5-9(11)10-6-2-4-8-12(10)14;;/h1-8,13-14H;2*1H3. The van der Waals surface area contributed by atoms with E-state index in [-0.39, 0.29) is 23.8 Å². The number of hydrogen-bond donors (Lipinski definition) is 2. The lowest BCUT2D eigenvalue weighted by Crippen LogP contribution is -1.96. The van der Waals surface area contributed by atoms with E-state index in [9.17, 15) is 10.2 Å². The fourth-order valence-corrected chi connectivity index (χ4v) is 1.38. The van der Waals surface area contributed by atoms with Crippen molar-refractivity contribution in [2.75, 3.05) is 0 Å². The molecule has 0 aliphatic heterocycles. The van der Waals surface area contributed by atoms with Crippen LogP contribution in [0.4, 0.5) is 0 Å². The Morgan fingerprint density at radius 1 is 0.562 bits per heavy atom. The van der Waals surface area contributed by atoms with Gasteiger partial charge in [0.05, 0.1) is 0 Å². The molecule has 86 valence electrons. The van der Waals surface area contributed by atoms with Crippen molar-refractivity contribution in [3.05, 3.63) is 48.5 Å². The third kappa shape index (κ3) is 2.50. The van der Waals surface area contributed by atoms with Crippen LogP contribution in [0.1, 0.15) is 0 Å². The van der Waals surface area contributed by atoms with Gasteiger partial charge in [-0.05, 0) is 11.1 Å². The Hall–Kier alpha value is -2.04. The minimum Gasteiger partial charge on any atom is -0.872 e. The number of hydrogen-bond acceptors (Lipinski definition) is 2. The van der Waals surface area contributed by atoms with Gasteiger partial charge in [0.1, 0.15) is 0 Å². The SMILES string of the molecule is [NH4+].[NH4+].[O-]c1ccccc1-c1ccccc1[O-]. The Balaban J connectivity index is 0.00000112. The van der Waals surface area contributed by atoms with Crippen LogP contribution in [0.3, 0.4) is 0 Å². The average Bonchev–Trinajstić information content (AvgIpc) is 2.20. The molecule has 16 heavy (non-hydrogen) atoms. The Kier molecular flexibility index (Phi) is 5.01. The van der Waals surface area contributed by atoms with E-state index in [2.05, 4.69) is 0 Å². The van der Waals surface area contributed by atoms with E-state index in [1.54, 1.807) is 36.4 Å². The highest BCUT2D eigenvalue weighted by Crippen LogP contribution is 2.31. The second-order valence-corrected chi connectivity index (χ2v) is 2.99. The zero-order valence-electron chi connectivity index (χ0n) is 9.44. The van der Waals surface area contributed by atoms with Crippen LogP contribution in [0.2, 0.25) is 0 Å². The zero-order valence-corrected chi connectivity index (χ0v) is 9.44. The van der Waals surface area contributed by atoms with Crippen molar-refractivity contribution in [3.63, 3.8) is 0 Å². The Labute approximate surface area is 94.3 Å². The summed E-state index contributed by atoms with van der Waals surface area (Å²) in [5.74, 6) is -0.230. The number of para-hydroxylation sites is 2. The molecule has 8 N–H and O–H groups in total. The zero-order chi connectivity index (χ0) is 9.97. The maximum Gasteiger partial charge on any atom is -0.0269 e. The summed E-state index contributed by atoms with van der Waals surface area (Å²) in [5, 5.41) is 22.9. The molecule has 2 rings (SSSR count). The molecule has 0 heterocycles. The highest BCUT2D eigenvalue weighted by Gasteiger charge is 1.97. The molecule has 0 bridgehead atoms. The van der Waals surface area contributed by atoms with Crippen LogP contribution in [-0.4, -0.2) is 0 Å². The van der Waals surface area contributed by atoms with Crippen molar-refractivity contribution < 1.29 is 10.2 Å². The number of quaternary nitrogens is 2. The summed E-state index contributed by atoms with van der Waals surface area (Å²) in [5.41, 5.74) is 0.941. The largest absolute Gasteiger partial charge is 0.872 e. The second kappa shape index (κ2) is 5.75. The van der Waals surface area contributed by atoms with Crippen LogP contribution >= 0.6 is 0 Å². The smallest absolute Gasteiger partial charge is 0.0269 e. The summed E-state index contributed by atoms with van der Waals surface area (Å²) in [6.07, 6.45) is 0. The van der Waals surface area contributed by atoms with E-state index >= 15 is 0 Å². The molecule has 2 aromatic carbocycles. The molecule has 0 amide bonds. The topological polar surface area (TPSA) is 119 Å². The van der Waals surface area contributed by atoms with Crippen molar-refractivity contribution in [1.82, 2.24) is 12.3 Å². The molecule has 0 unspecified atom stereocenters. The minimum atomic E-state index is -0.115. The van der Waals surface area contributed by atoms with Gasteiger partial charge in [-0.25, -0.2) is 0 Å². The van der Waals surface area contributed by atoms with Crippen molar-refractivity contribution in [1.29, 1.82) is 0 Å². The predicted molar refractivity (Wildman–Crippen MR) is 62.7 cm³/mol. The van der Waals surface area contributed by atoms with Gasteiger partial charge >= 0.3 is 0 Å². The predicted octanol–water partition coefficient (Wildman–Crippen LogP) is 2.25. The first-order valence-corrected chi connectivity index (χ1v) is 4.31. The van der Waals surface area contributed by atoms with Gasteiger partial charge in [-0.1, -0.05) is 48.5 Å². The minimum absolute atomic E-state index is 0. The Morgan fingerprint density at radius 2 is 0.875 bits per heavy atom. The van der Waals surface area contributed by atoms with Crippen molar-refractivity contribution in [3.8, 4) is 22.6 Å². The van der Waals surface area contributed by atoms with Gasteiger partial charge in [0.2, 0.25) is 0 Å². The van der Waals surface area contributed by atoms with E-state index < -0.39 is 0 Å². The summed E-state index contributed by atoms with van der Waals surface area (Å²) in [4.78, 5) is 0. The summed E-state index contributed by atoms with van der Waals surface area (Å²) < 4.78 is 0. The first-order valence-electron chi connectivity index (χ1n) is 4.31. The third-order valence-corrected chi connectivity index (χ3v) is 2.06. The van der Waals surface area contributed by atoms with Crippen molar-refractivity contribution >= 4 is 0 Å². The molecular weight excluding hydrogens is 204 g/mol. The maximum absolute atomic E-state index is 11.4. The second-order valence-electron chi connectivity index (χ2n) is 2.99. The Morgan fingerprint density at radius 3 is 1.19 bits per heavy atom. The quantitative estimate of drug-likeness (QED) is 0.766. The Bertz CT molecular complexity index is 415. The van der Waals surface area contributed by atoms with E-state index in [4.69, 9.17) is 0 Å². The fourth-order valence-electron chi connectivity index (χ4n) is 1.38. The summed E-state index contributed by atoms with van der Waals surface area (Å²) >= 11 is 0. The number of rotatable bonds is 1. The number of benzene rings is 2. The van der Waals surface area contributed by atoms with Gasteiger partial charge in [-0.2, -0.15) is 0 Å². The van der Waals surface area contributed by atoms with Gasteiger partial charge in [0.15, 0.2) is 0 Å². The van der Waals surface area contributed by atoms with Gasteiger partial charge in [0.25, 0.3) is 0 Å². The molecule has 2 aromatic rings. The fraction of sp³-hybridized carbons (Fsp3) is 0. The van der Waals surface area contributed by atoms with Gasteiger partial charge in [-0.3, -0.25) is 0 Å². The van der Waals surface area contributed by atoms with E-state index in [0.717, 1.165) is 0 Å². The summed E-state index contributed by atoms with van der Waals surface area (Å²) in [6, 6.07) is 13.1. The molecule has 0 aliphatic carbocycles. The molecule has 0 radical (unpaired) electrons. The molecule has 0 spiro atoms. The third-order valence-electron chi connectivity index (χ3n) is 2.06. The maximum atomic E-state index is 11.4. The molecular formula is C12H16N2O2. The molecule has 4 heteroatoms. The van der Waals surface area contributed by atoms with Crippen LogP contribution in [0, 0.1) is 0 Å². The average molecular weight is 220 g/mol. The van der Waals surface area contributed by atoms with Crippen LogP contribution in [0.5, 0.6) is 11.5 Å². The van der Waals surface area contributed by atoms with Crippen molar-refractivity contribution in [2.24, 2.45) is 0 Å². The monoisotopic (exact) mass is 220 g/mol. The van der Waals surface area contributed by atoms with Crippen LogP contribution in [-0.2, 0) is 0 Å². The van der Waals surface area contributed by atoms with Gasteiger partial charge < -0.3 is 22.5 Å². The highest BCUT2D eigenvalue weighted by molar-refractivity contribution is 5.74. The van der Waals surface area contributed by atoms with Gasteiger partial charge in [0, 0.05) is 0 Å². The van der Waals surface area contributed by atoms with Crippen LogP contribution < -0.4 is 22.5 Å². The molecule has 0 saturated carbocycles.